The largest absolute Gasteiger partial charge is 0.341 e. The van der Waals surface area contributed by atoms with Crippen LogP contribution in [0.25, 0.3) is 0 Å². The van der Waals surface area contributed by atoms with E-state index in [1.807, 2.05) is 0 Å². The summed E-state index contributed by atoms with van der Waals surface area (Å²) < 4.78 is 0. The van der Waals surface area contributed by atoms with Gasteiger partial charge in [-0.25, -0.2) is 0 Å². The van der Waals surface area contributed by atoms with E-state index >= 15 is 0 Å². The Hall–Kier alpha value is -1.67. The molecule has 0 amide bonds. The van der Waals surface area contributed by atoms with Gasteiger partial charge in [-0.1, -0.05) is 105 Å². The monoisotopic (exact) mass is 741 g/mol. The summed E-state index contributed by atoms with van der Waals surface area (Å²) >= 11 is 0. The van der Waals surface area contributed by atoms with Gasteiger partial charge in [0.05, 0.1) is 0 Å². The molecule has 1 aromatic rings. The summed E-state index contributed by atoms with van der Waals surface area (Å²) in [7, 11) is 0. The van der Waals surface area contributed by atoms with E-state index in [-0.39, 0.29) is 22.2 Å². The predicted molar refractivity (Wildman–Crippen MR) is 232 cm³/mol. The van der Waals surface area contributed by atoms with E-state index in [1.54, 1.807) is 0 Å². The molecule has 308 valence electrons. The van der Waals surface area contributed by atoms with Crippen molar-refractivity contribution in [2.24, 2.45) is 0 Å². The zero-order chi connectivity index (χ0) is 39.1. The number of nitrogens with zero attached hydrogens (tertiary/aromatic N) is 6. The third-order valence-corrected chi connectivity index (χ3v) is 11.7. The Morgan fingerprint density at radius 2 is 0.717 bits per heavy atom. The minimum absolute atomic E-state index is 0.0383. The number of unbranched alkanes of at least 4 members (excludes halogenated alkanes) is 12. The minimum Gasteiger partial charge on any atom is -0.341 e. The summed E-state index contributed by atoms with van der Waals surface area (Å²) in [5.74, 6) is 2.72. The van der Waals surface area contributed by atoms with Gasteiger partial charge in [0.15, 0.2) is 0 Å². The number of nitrogens with one attached hydrogen (secondary N) is 2. The molecule has 0 bridgehead atoms. The highest BCUT2D eigenvalue weighted by Gasteiger charge is 2.43. The second-order valence-corrected chi connectivity index (χ2v) is 19.8. The van der Waals surface area contributed by atoms with Crippen LogP contribution in [0.5, 0.6) is 0 Å². The van der Waals surface area contributed by atoms with Crippen molar-refractivity contribution >= 4 is 17.8 Å². The van der Waals surface area contributed by atoms with Gasteiger partial charge in [-0.15, -0.1) is 0 Å². The lowest BCUT2D eigenvalue weighted by molar-refractivity contribution is 0.157. The first-order valence-electron chi connectivity index (χ1n) is 22.7. The van der Waals surface area contributed by atoms with Crippen molar-refractivity contribution in [3.05, 3.63) is 0 Å². The maximum Gasteiger partial charge on any atom is 0.232 e. The fourth-order valence-corrected chi connectivity index (χ4v) is 9.75. The quantitative estimate of drug-likeness (QED) is 0.0960. The highest BCUT2D eigenvalue weighted by molar-refractivity contribution is 5.48. The third kappa shape index (κ3) is 15.8. The minimum atomic E-state index is 0.0383. The predicted octanol–water partition coefficient (Wildman–Crippen LogP) is 11.2. The van der Waals surface area contributed by atoms with Gasteiger partial charge in [-0.3, -0.25) is 0 Å². The van der Waals surface area contributed by atoms with Crippen LogP contribution in [0.1, 0.15) is 212 Å². The fourth-order valence-electron chi connectivity index (χ4n) is 9.75. The summed E-state index contributed by atoms with van der Waals surface area (Å²) in [6.45, 7) is 32.2. The topological polar surface area (TPSA) is 72.5 Å². The van der Waals surface area contributed by atoms with Gasteiger partial charge in [-0.05, 0) is 107 Å². The Balaban J connectivity index is 2.15. The summed E-state index contributed by atoms with van der Waals surface area (Å²) in [4.78, 5) is 24.5. The molecule has 53 heavy (non-hydrogen) atoms. The molecule has 0 unspecified atom stereocenters. The Morgan fingerprint density at radius 1 is 0.415 bits per heavy atom. The van der Waals surface area contributed by atoms with Gasteiger partial charge in [0, 0.05) is 60.4 Å². The molecule has 0 atom stereocenters. The highest BCUT2D eigenvalue weighted by Crippen LogP contribution is 2.37. The van der Waals surface area contributed by atoms with Gasteiger partial charge >= 0.3 is 0 Å². The van der Waals surface area contributed by atoms with Crippen molar-refractivity contribution < 1.29 is 0 Å². The number of hydrogen-bond acceptors (Lipinski definition) is 8. The zero-order valence-corrected chi connectivity index (χ0v) is 37.3. The number of rotatable bonds is 25. The molecular formula is C45H88N8. The molecule has 8 nitrogen and oxygen atoms in total. The molecule has 3 rings (SSSR count). The Bertz CT molecular complexity index is 1050. The first kappa shape index (κ1) is 45.7. The van der Waals surface area contributed by atoms with Crippen LogP contribution in [-0.2, 0) is 0 Å². The first-order chi connectivity index (χ1) is 25.0. The normalized spacial score (nSPS) is 19.7. The second-order valence-electron chi connectivity index (χ2n) is 19.8. The summed E-state index contributed by atoms with van der Waals surface area (Å²) in [5, 5.41) is 7.89. The molecule has 2 saturated heterocycles. The average Bonchev–Trinajstić information content (AvgIpc) is 3.04. The molecule has 2 aliphatic heterocycles. The highest BCUT2D eigenvalue weighted by atomic mass is 15.4. The van der Waals surface area contributed by atoms with E-state index in [2.05, 4.69) is 108 Å². The lowest BCUT2D eigenvalue weighted by atomic mass is 9.79. The van der Waals surface area contributed by atoms with Gasteiger partial charge in [0.2, 0.25) is 17.8 Å². The molecule has 0 spiro atoms. The maximum atomic E-state index is 5.59. The van der Waals surface area contributed by atoms with E-state index in [9.17, 15) is 0 Å². The number of hydrogen-bond donors (Lipinski definition) is 2. The zero-order valence-electron chi connectivity index (χ0n) is 37.3. The molecule has 3 heterocycles. The number of piperidine rings is 2. The van der Waals surface area contributed by atoms with Gasteiger partial charge in [0.1, 0.15) is 0 Å². The van der Waals surface area contributed by atoms with E-state index in [1.165, 1.54) is 77.0 Å². The van der Waals surface area contributed by atoms with E-state index in [0.29, 0.717) is 12.1 Å². The number of anilines is 3. The van der Waals surface area contributed by atoms with E-state index in [0.717, 1.165) is 95.4 Å². The standard InChI is InChI=1S/C45H88N8/c1-13-17-21-23-25-27-29-51(30-28-26-24-22-18-14-2)39-46-40(52(31-19-15-3)37-33-42(5,6)49-43(7,8)34-37)48-41(47-39)53(32-20-16-4)38-35-44(9,10)50-45(11,12)36-38/h37-38,49-50H,13-36H2,1-12H3. The van der Waals surface area contributed by atoms with Gasteiger partial charge in [0.25, 0.3) is 0 Å². The van der Waals surface area contributed by atoms with Gasteiger partial charge < -0.3 is 25.3 Å². The van der Waals surface area contributed by atoms with Crippen LogP contribution in [0, 0.1) is 0 Å². The molecule has 0 aromatic carbocycles. The number of aromatic nitrogens is 3. The van der Waals surface area contributed by atoms with Crippen LogP contribution in [0.4, 0.5) is 17.8 Å². The molecule has 2 aliphatic rings. The Labute approximate surface area is 329 Å². The molecule has 0 radical (unpaired) electrons. The molecule has 0 saturated carbocycles. The van der Waals surface area contributed by atoms with E-state index in [4.69, 9.17) is 15.0 Å². The van der Waals surface area contributed by atoms with Crippen LogP contribution in [0.15, 0.2) is 0 Å². The molecule has 8 heteroatoms. The van der Waals surface area contributed by atoms with Gasteiger partial charge in [-0.2, -0.15) is 15.0 Å². The molecular weight excluding hydrogens is 653 g/mol. The molecule has 2 N–H and O–H groups in total. The summed E-state index contributed by atoms with van der Waals surface area (Å²) in [6, 6.07) is 0.727. The van der Waals surface area contributed by atoms with Crippen molar-refractivity contribution in [3.8, 4) is 0 Å². The van der Waals surface area contributed by atoms with Crippen LogP contribution in [0.3, 0.4) is 0 Å². The first-order valence-corrected chi connectivity index (χ1v) is 22.7. The lowest BCUT2D eigenvalue weighted by Gasteiger charge is -2.50. The van der Waals surface area contributed by atoms with Crippen molar-refractivity contribution in [1.29, 1.82) is 0 Å². The van der Waals surface area contributed by atoms with Crippen LogP contribution in [-0.4, -0.2) is 75.4 Å². The molecule has 1 aromatic heterocycles. The lowest BCUT2D eigenvalue weighted by Crippen LogP contribution is -2.63. The third-order valence-electron chi connectivity index (χ3n) is 11.7. The van der Waals surface area contributed by atoms with Crippen molar-refractivity contribution in [3.63, 3.8) is 0 Å². The maximum absolute atomic E-state index is 5.59. The van der Waals surface area contributed by atoms with Crippen LogP contribution < -0.4 is 25.3 Å². The summed E-state index contributed by atoms with van der Waals surface area (Å²) in [5.41, 5.74) is 0.153. The second kappa shape index (κ2) is 21.6. The van der Waals surface area contributed by atoms with Crippen molar-refractivity contribution in [2.75, 3.05) is 40.9 Å². The SMILES string of the molecule is CCCCCCCCN(CCCCCCCC)c1nc(N(CCCC)C2CC(C)(C)NC(C)(C)C2)nc(N(CCCC)C2CC(C)(C)NC(C)(C)C2)n1. The Morgan fingerprint density at radius 3 is 1.06 bits per heavy atom. The van der Waals surface area contributed by atoms with Crippen molar-refractivity contribution in [2.45, 2.75) is 246 Å². The van der Waals surface area contributed by atoms with Crippen LogP contribution >= 0.6 is 0 Å². The fraction of sp³-hybridized carbons (Fsp3) is 0.933. The van der Waals surface area contributed by atoms with Crippen molar-refractivity contribution in [1.82, 2.24) is 25.6 Å². The van der Waals surface area contributed by atoms with E-state index < -0.39 is 0 Å². The Kier molecular flexibility index (Phi) is 18.6. The summed E-state index contributed by atoms with van der Waals surface area (Å²) in [6.07, 6.45) is 24.4. The molecule has 0 aliphatic carbocycles. The smallest absolute Gasteiger partial charge is 0.232 e. The van der Waals surface area contributed by atoms with Crippen LogP contribution in [0.2, 0.25) is 0 Å². The molecule has 2 fully saturated rings. The average molecular weight is 741 g/mol.